The highest BCUT2D eigenvalue weighted by Gasteiger charge is 2.36. The first-order valence-corrected chi connectivity index (χ1v) is 13.9. The molecule has 3 atom stereocenters. The Morgan fingerprint density at radius 2 is 1.79 bits per heavy atom. The van der Waals surface area contributed by atoms with Gasteiger partial charge in [-0.1, -0.05) is 6.07 Å². The van der Waals surface area contributed by atoms with Crippen LogP contribution in [0.25, 0.3) is 5.69 Å². The highest BCUT2D eigenvalue weighted by atomic mass is 32.2. The van der Waals surface area contributed by atoms with Crippen molar-refractivity contribution in [3.05, 3.63) is 47.8 Å². The molecular weight excluding hydrogens is 512 g/mol. The second-order valence-electron chi connectivity index (χ2n) is 9.33. The number of hydrogen-bond donors (Lipinski definition) is 1. The molecule has 1 saturated heterocycles. The van der Waals surface area contributed by atoms with E-state index in [4.69, 9.17) is 18.9 Å². The van der Waals surface area contributed by atoms with Gasteiger partial charge in [0.25, 0.3) is 0 Å². The van der Waals surface area contributed by atoms with Crippen molar-refractivity contribution in [1.82, 2.24) is 24.7 Å². The zero-order valence-electron chi connectivity index (χ0n) is 22.4. The zero-order valence-corrected chi connectivity index (χ0v) is 23.2. The number of nitrogens with zero attached hydrogens (tertiary/aromatic N) is 5. The average molecular weight is 547 g/mol. The maximum atomic E-state index is 13.8. The van der Waals surface area contributed by atoms with Gasteiger partial charge in [0.1, 0.15) is 34.4 Å². The van der Waals surface area contributed by atoms with Gasteiger partial charge in [0, 0.05) is 18.7 Å². The van der Waals surface area contributed by atoms with Crippen LogP contribution in [0, 0.1) is 6.92 Å². The molecule has 12 nitrogen and oxygen atoms in total. The quantitative estimate of drug-likeness (QED) is 0.381. The lowest BCUT2D eigenvalue weighted by Crippen LogP contribution is -2.34. The van der Waals surface area contributed by atoms with E-state index in [1.165, 1.54) is 20.4 Å². The third-order valence-electron chi connectivity index (χ3n) is 6.27. The summed E-state index contributed by atoms with van der Waals surface area (Å²) in [6.45, 7) is 8.05. The van der Waals surface area contributed by atoms with Crippen molar-refractivity contribution in [2.45, 2.75) is 57.5 Å². The molecule has 4 rings (SSSR count). The second kappa shape index (κ2) is 11.6. The molecule has 0 aliphatic carbocycles. The van der Waals surface area contributed by atoms with Crippen molar-refractivity contribution in [1.29, 1.82) is 0 Å². The molecule has 3 heterocycles. The fourth-order valence-corrected chi connectivity index (χ4v) is 5.39. The normalized spacial score (nSPS) is 17.4. The van der Waals surface area contributed by atoms with E-state index in [9.17, 15) is 8.42 Å². The molecule has 3 aromatic rings. The molecule has 0 amide bonds. The van der Waals surface area contributed by atoms with E-state index in [0.29, 0.717) is 47.6 Å². The Morgan fingerprint density at radius 3 is 2.34 bits per heavy atom. The van der Waals surface area contributed by atoms with Crippen molar-refractivity contribution in [3.8, 4) is 17.2 Å². The van der Waals surface area contributed by atoms with Crippen LogP contribution in [0.2, 0.25) is 0 Å². The number of ether oxygens (including phenoxy) is 4. The number of anilines is 1. The lowest BCUT2D eigenvalue weighted by molar-refractivity contribution is 0.00394. The van der Waals surface area contributed by atoms with Crippen molar-refractivity contribution in [3.63, 3.8) is 0 Å². The molecule has 1 aromatic carbocycles. The molecule has 0 bridgehead atoms. The number of sulfonamides is 1. The molecule has 1 aliphatic rings. The Morgan fingerprint density at radius 1 is 1.08 bits per heavy atom. The maximum Gasteiger partial charge on any atom is 0.243 e. The summed E-state index contributed by atoms with van der Waals surface area (Å²) in [6, 6.07) is 5.30. The van der Waals surface area contributed by atoms with E-state index in [0.717, 1.165) is 6.42 Å². The molecule has 0 saturated carbocycles. The Balaban J connectivity index is 1.78. The van der Waals surface area contributed by atoms with Crippen LogP contribution in [0.15, 0.2) is 30.6 Å². The van der Waals surface area contributed by atoms with Crippen LogP contribution in [-0.4, -0.2) is 71.9 Å². The van der Waals surface area contributed by atoms with Gasteiger partial charge in [-0.25, -0.2) is 8.42 Å². The topological polar surface area (TPSA) is 140 Å². The highest BCUT2D eigenvalue weighted by molar-refractivity contribution is 7.93. The Labute approximate surface area is 222 Å². The zero-order chi connectivity index (χ0) is 27.4. The third kappa shape index (κ3) is 5.74. The van der Waals surface area contributed by atoms with Gasteiger partial charge in [0.2, 0.25) is 16.0 Å². The van der Waals surface area contributed by atoms with E-state index in [-0.39, 0.29) is 18.0 Å². The number of aryl methyl sites for hydroxylation is 1. The number of benzene rings is 1. The SMILES string of the molecule is COc1cccc(OC)c1-n1c(NS(=O)(=O)[C@H](C)[C@H](OC(C)C)c2cnc(C)cn2)nnc1[C@H]1CCOC1. The number of para-hydroxylation sites is 1. The van der Waals surface area contributed by atoms with Crippen LogP contribution >= 0.6 is 0 Å². The summed E-state index contributed by atoms with van der Waals surface area (Å²) in [5.74, 6) is 1.38. The molecule has 1 fully saturated rings. The van der Waals surface area contributed by atoms with E-state index < -0.39 is 21.4 Å². The lowest BCUT2D eigenvalue weighted by Gasteiger charge is -2.26. The van der Waals surface area contributed by atoms with Crippen LogP contribution in [-0.2, 0) is 19.5 Å². The summed E-state index contributed by atoms with van der Waals surface area (Å²) in [5, 5.41) is 7.57. The Hall–Kier alpha value is -3.29. The van der Waals surface area contributed by atoms with Gasteiger partial charge in [-0.15, -0.1) is 10.2 Å². The van der Waals surface area contributed by atoms with E-state index in [2.05, 4.69) is 24.9 Å². The van der Waals surface area contributed by atoms with Crippen molar-refractivity contribution in [2.24, 2.45) is 0 Å². The number of rotatable bonds is 11. The molecule has 38 heavy (non-hydrogen) atoms. The Bertz CT molecular complexity index is 1320. The molecule has 0 spiro atoms. The first kappa shape index (κ1) is 27.7. The summed E-state index contributed by atoms with van der Waals surface area (Å²) < 4.78 is 54.7. The smallest absolute Gasteiger partial charge is 0.243 e. The molecule has 0 radical (unpaired) electrons. The maximum absolute atomic E-state index is 13.8. The van der Waals surface area contributed by atoms with Gasteiger partial charge in [-0.3, -0.25) is 19.3 Å². The molecule has 13 heteroatoms. The summed E-state index contributed by atoms with van der Waals surface area (Å²) in [7, 11) is -1.01. The van der Waals surface area contributed by atoms with Crippen molar-refractivity contribution in [2.75, 3.05) is 32.2 Å². The van der Waals surface area contributed by atoms with Crippen molar-refractivity contribution >= 4 is 16.0 Å². The fourth-order valence-electron chi connectivity index (χ4n) is 4.28. The molecular formula is C25H34N6O6S. The largest absolute Gasteiger partial charge is 0.494 e. The molecule has 2 aromatic heterocycles. The highest BCUT2D eigenvalue weighted by Crippen LogP contribution is 2.38. The molecule has 206 valence electrons. The fraction of sp³-hybridized carbons (Fsp3) is 0.520. The monoisotopic (exact) mass is 546 g/mol. The summed E-state index contributed by atoms with van der Waals surface area (Å²) in [6.07, 6.45) is 2.71. The van der Waals surface area contributed by atoms with Crippen molar-refractivity contribution < 1.29 is 27.4 Å². The minimum Gasteiger partial charge on any atom is -0.494 e. The summed E-state index contributed by atoms with van der Waals surface area (Å²) in [4.78, 5) is 8.65. The third-order valence-corrected chi connectivity index (χ3v) is 7.96. The number of methoxy groups -OCH3 is 2. The van der Waals surface area contributed by atoms with E-state index in [1.54, 1.807) is 35.9 Å². The minimum atomic E-state index is -4.08. The van der Waals surface area contributed by atoms with Crippen LogP contribution < -0.4 is 14.2 Å². The van der Waals surface area contributed by atoms with Gasteiger partial charge in [0.05, 0.1) is 44.5 Å². The van der Waals surface area contributed by atoms with Gasteiger partial charge >= 0.3 is 0 Å². The number of hydrogen-bond acceptors (Lipinski definition) is 10. The number of nitrogens with one attached hydrogen (secondary N) is 1. The minimum absolute atomic E-state index is 0.000151. The van der Waals surface area contributed by atoms with Gasteiger partial charge in [-0.2, -0.15) is 0 Å². The van der Waals surface area contributed by atoms with Crippen LogP contribution in [0.1, 0.15) is 56.4 Å². The predicted octanol–water partition coefficient (Wildman–Crippen LogP) is 3.18. The second-order valence-corrected chi connectivity index (χ2v) is 11.4. The lowest BCUT2D eigenvalue weighted by atomic mass is 10.1. The average Bonchev–Trinajstić information content (AvgIpc) is 3.56. The molecule has 1 N–H and O–H groups in total. The predicted molar refractivity (Wildman–Crippen MR) is 140 cm³/mol. The first-order valence-electron chi connectivity index (χ1n) is 12.4. The van der Waals surface area contributed by atoms with Gasteiger partial charge in [0.15, 0.2) is 0 Å². The Kier molecular flexibility index (Phi) is 8.48. The van der Waals surface area contributed by atoms with Gasteiger partial charge < -0.3 is 18.9 Å². The van der Waals surface area contributed by atoms with Crippen LogP contribution in [0.4, 0.5) is 5.95 Å². The van der Waals surface area contributed by atoms with E-state index in [1.807, 2.05) is 20.8 Å². The summed E-state index contributed by atoms with van der Waals surface area (Å²) >= 11 is 0. The summed E-state index contributed by atoms with van der Waals surface area (Å²) in [5.41, 5.74) is 1.61. The molecule has 1 aliphatic heterocycles. The van der Waals surface area contributed by atoms with Crippen LogP contribution in [0.3, 0.4) is 0 Å². The van der Waals surface area contributed by atoms with Gasteiger partial charge in [-0.05, 0) is 46.2 Å². The number of aromatic nitrogens is 5. The molecule has 0 unspecified atom stereocenters. The van der Waals surface area contributed by atoms with E-state index >= 15 is 0 Å². The first-order chi connectivity index (χ1) is 18.2. The standard InChI is InChI=1S/C25H34N6O6S/c1-15(2)37-23(19-13-26-16(3)12-27-19)17(4)38(32,33)30-25-29-28-24(18-10-11-36-14-18)31(25)22-20(34-5)8-7-9-21(22)35-6/h7-9,12-13,15,17-18,23H,10-11,14H2,1-6H3,(H,29,30)/t17-,18+,23+/m1/s1. The van der Waals surface area contributed by atoms with Crippen LogP contribution in [0.5, 0.6) is 11.5 Å².